The van der Waals surface area contributed by atoms with E-state index in [1.54, 1.807) is 0 Å². The van der Waals surface area contributed by atoms with Crippen LogP contribution in [0.15, 0.2) is 0 Å². The third-order valence-corrected chi connectivity index (χ3v) is 6.27. The van der Waals surface area contributed by atoms with Gasteiger partial charge in [-0.15, -0.1) is 0 Å². The van der Waals surface area contributed by atoms with Gasteiger partial charge in [-0.1, -0.05) is 41.4 Å². The van der Waals surface area contributed by atoms with Crippen molar-refractivity contribution in [2.75, 3.05) is 5.75 Å². The molecule has 1 rings (SSSR count). The fourth-order valence-electron chi connectivity index (χ4n) is 1.76. The first-order chi connectivity index (χ1) is 6.21. The quantitative estimate of drug-likeness (QED) is 0.733. The summed E-state index contributed by atoms with van der Waals surface area (Å²) in [6.07, 6.45) is 5.97. The van der Waals surface area contributed by atoms with E-state index in [2.05, 4.69) is 6.92 Å². The molecule has 0 bridgehead atoms. The van der Waals surface area contributed by atoms with Gasteiger partial charge in [0.05, 0.1) is 10.9 Å². The Bertz CT molecular complexity index is 142. The second kappa shape index (κ2) is 5.52. The fourth-order valence-corrected chi connectivity index (χ4v) is 5.16. The van der Waals surface area contributed by atoms with Crippen molar-refractivity contribution in [3.8, 4) is 0 Å². The van der Waals surface area contributed by atoms with Crippen molar-refractivity contribution in [1.82, 2.24) is 0 Å². The molecule has 1 N–H and O–H groups in total. The largest absolute Gasteiger partial charge is 0.392 e. The molecule has 2 unspecified atom stereocenters. The average molecular weight is 220 g/mol. The van der Waals surface area contributed by atoms with E-state index in [1.165, 1.54) is 37.9 Å². The fraction of sp³-hybridized carbons (Fsp3) is 1.00. The van der Waals surface area contributed by atoms with Crippen molar-refractivity contribution in [1.29, 1.82) is 0 Å². The third kappa shape index (κ3) is 3.07. The summed E-state index contributed by atoms with van der Waals surface area (Å²) >= 11 is 0. The lowest BCUT2D eigenvalue weighted by Gasteiger charge is -2.38. The average Bonchev–Trinajstić information content (AvgIpc) is 2.16. The Balaban J connectivity index is 2.51. The Morgan fingerprint density at radius 2 is 2.31 bits per heavy atom. The lowest BCUT2D eigenvalue weighted by molar-refractivity contribution is 0.134. The van der Waals surface area contributed by atoms with Gasteiger partial charge >= 0.3 is 0 Å². The summed E-state index contributed by atoms with van der Waals surface area (Å²) < 4.78 is 0.166. The summed E-state index contributed by atoms with van der Waals surface area (Å²) in [6, 6.07) is 0. The highest BCUT2D eigenvalue weighted by Crippen LogP contribution is 2.49. The SMILES string of the molecule is CCCCC1(C(C)O)CCCSS1. The van der Waals surface area contributed by atoms with Crippen LogP contribution in [0.5, 0.6) is 0 Å². The van der Waals surface area contributed by atoms with E-state index in [4.69, 9.17) is 0 Å². The van der Waals surface area contributed by atoms with Gasteiger partial charge < -0.3 is 5.11 Å². The molecule has 0 radical (unpaired) electrons. The number of unbranched alkanes of at least 4 members (excludes halogenated alkanes) is 1. The van der Waals surface area contributed by atoms with E-state index in [1.807, 2.05) is 28.5 Å². The topological polar surface area (TPSA) is 20.2 Å². The second-order valence-corrected chi connectivity index (χ2v) is 6.68. The van der Waals surface area contributed by atoms with Crippen LogP contribution in [0, 0.1) is 0 Å². The van der Waals surface area contributed by atoms with Gasteiger partial charge in [-0.05, 0) is 26.2 Å². The van der Waals surface area contributed by atoms with Crippen LogP contribution in [0.25, 0.3) is 0 Å². The van der Waals surface area contributed by atoms with Crippen molar-refractivity contribution in [3.63, 3.8) is 0 Å². The zero-order valence-electron chi connectivity index (χ0n) is 8.58. The molecule has 0 saturated carbocycles. The molecule has 1 heterocycles. The normalized spacial score (nSPS) is 31.6. The summed E-state index contributed by atoms with van der Waals surface area (Å²) in [5.74, 6) is 1.26. The zero-order chi connectivity index (χ0) is 9.73. The molecule has 1 fully saturated rings. The molecule has 78 valence electrons. The second-order valence-electron chi connectivity index (χ2n) is 3.85. The minimum absolute atomic E-state index is 0.156. The van der Waals surface area contributed by atoms with E-state index in [0.717, 1.165) is 0 Å². The predicted octanol–water partition coefficient (Wildman–Crippen LogP) is 3.47. The van der Waals surface area contributed by atoms with Gasteiger partial charge in [-0.2, -0.15) is 0 Å². The van der Waals surface area contributed by atoms with E-state index in [0.29, 0.717) is 0 Å². The molecule has 1 nitrogen and oxygen atoms in total. The van der Waals surface area contributed by atoms with Gasteiger partial charge in [0.1, 0.15) is 0 Å². The number of hydrogen-bond acceptors (Lipinski definition) is 3. The van der Waals surface area contributed by atoms with Crippen LogP contribution in [0.3, 0.4) is 0 Å². The van der Waals surface area contributed by atoms with Crippen LogP contribution in [0.2, 0.25) is 0 Å². The Morgan fingerprint density at radius 1 is 1.54 bits per heavy atom. The van der Waals surface area contributed by atoms with E-state index >= 15 is 0 Å². The summed E-state index contributed by atoms with van der Waals surface area (Å²) in [4.78, 5) is 0. The standard InChI is InChI=1S/C10H20OS2/c1-3-4-6-10(9(2)11)7-5-8-12-13-10/h9,11H,3-8H2,1-2H3. The molecule has 1 aliphatic heterocycles. The molecular formula is C10H20OS2. The Hall–Kier alpha value is 0.660. The maximum Gasteiger partial charge on any atom is 0.0667 e. The van der Waals surface area contributed by atoms with E-state index in [-0.39, 0.29) is 10.9 Å². The molecule has 0 aromatic carbocycles. The maximum absolute atomic E-state index is 9.82. The first kappa shape index (κ1) is 11.7. The Morgan fingerprint density at radius 3 is 2.77 bits per heavy atom. The lowest BCUT2D eigenvalue weighted by atomic mass is 9.91. The summed E-state index contributed by atoms with van der Waals surface area (Å²) in [5.41, 5.74) is 0. The van der Waals surface area contributed by atoms with Crippen molar-refractivity contribution in [2.24, 2.45) is 0 Å². The molecule has 3 heteroatoms. The molecule has 0 spiro atoms. The Kier molecular flexibility index (Phi) is 4.98. The van der Waals surface area contributed by atoms with Gasteiger partial charge in [0.25, 0.3) is 0 Å². The highest BCUT2D eigenvalue weighted by molar-refractivity contribution is 8.77. The molecule has 1 aliphatic rings. The lowest BCUT2D eigenvalue weighted by Crippen LogP contribution is -2.38. The van der Waals surface area contributed by atoms with Crippen LogP contribution in [-0.4, -0.2) is 21.7 Å². The first-order valence-corrected chi connectivity index (χ1v) is 7.52. The van der Waals surface area contributed by atoms with E-state index in [9.17, 15) is 5.11 Å². The van der Waals surface area contributed by atoms with Crippen molar-refractivity contribution in [3.05, 3.63) is 0 Å². The van der Waals surface area contributed by atoms with Crippen LogP contribution in [0.1, 0.15) is 46.0 Å². The first-order valence-electron chi connectivity index (χ1n) is 5.20. The molecule has 13 heavy (non-hydrogen) atoms. The summed E-state index contributed by atoms with van der Waals surface area (Å²) in [7, 11) is 3.86. The monoisotopic (exact) mass is 220 g/mol. The molecule has 0 aliphatic carbocycles. The number of rotatable bonds is 4. The van der Waals surface area contributed by atoms with E-state index < -0.39 is 0 Å². The molecule has 1 saturated heterocycles. The third-order valence-electron chi connectivity index (χ3n) is 2.77. The molecular weight excluding hydrogens is 200 g/mol. The highest BCUT2D eigenvalue weighted by atomic mass is 33.1. The van der Waals surface area contributed by atoms with Crippen LogP contribution >= 0.6 is 21.6 Å². The number of hydrogen-bond donors (Lipinski definition) is 1. The van der Waals surface area contributed by atoms with Crippen LogP contribution in [0.4, 0.5) is 0 Å². The minimum atomic E-state index is -0.156. The number of aliphatic hydroxyl groups is 1. The van der Waals surface area contributed by atoms with Crippen molar-refractivity contribution in [2.45, 2.75) is 56.8 Å². The van der Waals surface area contributed by atoms with Crippen molar-refractivity contribution < 1.29 is 5.11 Å². The highest BCUT2D eigenvalue weighted by Gasteiger charge is 2.37. The van der Waals surface area contributed by atoms with Gasteiger partial charge in [0.15, 0.2) is 0 Å². The molecule has 0 amide bonds. The molecule has 0 aromatic rings. The van der Waals surface area contributed by atoms with Gasteiger partial charge in [0, 0.05) is 5.75 Å². The molecule has 0 aromatic heterocycles. The zero-order valence-corrected chi connectivity index (χ0v) is 10.2. The van der Waals surface area contributed by atoms with Crippen LogP contribution < -0.4 is 0 Å². The summed E-state index contributed by atoms with van der Waals surface area (Å²) in [6.45, 7) is 4.17. The van der Waals surface area contributed by atoms with Gasteiger partial charge in [0.2, 0.25) is 0 Å². The minimum Gasteiger partial charge on any atom is -0.392 e. The smallest absolute Gasteiger partial charge is 0.0667 e. The number of aliphatic hydroxyl groups excluding tert-OH is 1. The van der Waals surface area contributed by atoms with Crippen LogP contribution in [-0.2, 0) is 0 Å². The summed E-state index contributed by atoms with van der Waals surface area (Å²) in [5, 5.41) is 9.82. The molecule has 2 atom stereocenters. The van der Waals surface area contributed by atoms with Crippen molar-refractivity contribution >= 4 is 21.6 Å². The van der Waals surface area contributed by atoms with Gasteiger partial charge in [-0.3, -0.25) is 0 Å². The Labute approximate surface area is 89.5 Å². The maximum atomic E-state index is 9.82. The van der Waals surface area contributed by atoms with Gasteiger partial charge in [-0.25, -0.2) is 0 Å². The predicted molar refractivity (Wildman–Crippen MR) is 63.2 cm³/mol.